The van der Waals surface area contributed by atoms with Crippen LogP contribution in [0.5, 0.6) is 0 Å². The zero-order chi connectivity index (χ0) is 19.0. The van der Waals surface area contributed by atoms with Gasteiger partial charge < -0.3 is 0 Å². The van der Waals surface area contributed by atoms with Crippen molar-refractivity contribution in [3.05, 3.63) is 83.3 Å². The van der Waals surface area contributed by atoms with Crippen molar-refractivity contribution in [3.63, 3.8) is 0 Å². The maximum absolute atomic E-state index is 13.1. The van der Waals surface area contributed by atoms with Gasteiger partial charge in [-0.05, 0) is 68.3 Å². The molecule has 0 amide bonds. The van der Waals surface area contributed by atoms with Crippen LogP contribution in [0.1, 0.15) is 16.7 Å². The van der Waals surface area contributed by atoms with Gasteiger partial charge in [0.05, 0.1) is 5.69 Å². The summed E-state index contributed by atoms with van der Waals surface area (Å²) in [5.74, 6) is 0.358. The van der Waals surface area contributed by atoms with Crippen LogP contribution in [0.25, 0.3) is 16.9 Å². The number of imidazole rings is 1. The predicted octanol–water partition coefficient (Wildman–Crippen LogP) is 6.48. The molecule has 0 saturated carbocycles. The van der Waals surface area contributed by atoms with E-state index in [-0.39, 0.29) is 5.82 Å². The molecule has 27 heavy (non-hydrogen) atoms. The highest BCUT2D eigenvalue weighted by molar-refractivity contribution is 5.77. The van der Waals surface area contributed by atoms with Crippen LogP contribution in [-0.4, -0.2) is 9.38 Å². The minimum atomic E-state index is -0.296. The fourth-order valence-corrected chi connectivity index (χ4v) is 3.10. The Kier molecular flexibility index (Phi) is 4.28. The van der Waals surface area contributed by atoms with Gasteiger partial charge in [-0.2, -0.15) is 0 Å². The topological polar surface area (TPSA) is 42.0 Å². The summed E-state index contributed by atoms with van der Waals surface area (Å²) in [6.45, 7) is 6.17. The van der Waals surface area contributed by atoms with E-state index in [1.807, 2.05) is 29.7 Å². The number of aromatic nitrogens is 2. The molecule has 4 rings (SSSR count). The number of azo groups is 1. The van der Waals surface area contributed by atoms with Gasteiger partial charge in [-0.25, -0.2) is 9.37 Å². The van der Waals surface area contributed by atoms with Gasteiger partial charge >= 0.3 is 0 Å². The molecule has 0 atom stereocenters. The number of halogens is 1. The van der Waals surface area contributed by atoms with Crippen LogP contribution in [0.15, 0.2) is 71.0 Å². The fourth-order valence-electron chi connectivity index (χ4n) is 3.10. The number of benzene rings is 2. The van der Waals surface area contributed by atoms with E-state index in [2.05, 4.69) is 42.3 Å². The van der Waals surface area contributed by atoms with Gasteiger partial charge in [0.25, 0.3) is 0 Å². The van der Waals surface area contributed by atoms with E-state index in [1.165, 1.54) is 17.7 Å². The molecule has 134 valence electrons. The van der Waals surface area contributed by atoms with E-state index in [4.69, 9.17) is 4.98 Å². The Labute approximate surface area is 157 Å². The number of pyridine rings is 1. The van der Waals surface area contributed by atoms with Crippen molar-refractivity contribution in [2.75, 3.05) is 0 Å². The molecule has 2 aromatic heterocycles. The summed E-state index contributed by atoms with van der Waals surface area (Å²) in [4.78, 5) is 4.81. The highest BCUT2D eigenvalue weighted by atomic mass is 19.1. The maximum Gasteiger partial charge on any atom is 0.187 e. The van der Waals surface area contributed by atoms with E-state index in [0.717, 1.165) is 28.0 Å². The molecule has 0 unspecified atom stereocenters. The van der Waals surface area contributed by atoms with Gasteiger partial charge in [0.15, 0.2) is 5.82 Å². The second-order valence-corrected chi connectivity index (χ2v) is 6.71. The van der Waals surface area contributed by atoms with Gasteiger partial charge in [0, 0.05) is 11.8 Å². The highest BCUT2D eigenvalue weighted by Gasteiger charge is 2.16. The molecule has 0 N–H and O–H groups in total. The molecule has 0 fully saturated rings. The molecule has 0 aliphatic carbocycles. The van der Waals surface area contributed by atoms with E-state index < -0.39 is 0 Å². The number of hydrogen-bond donors (Lipinski definition) is 0. The standard InChI is InChI=1S/C22H19FN4/c1-14-4-9-19(16(3)12-14)21-22(26-25-18-7-5-17(23)6-8-18)27-11-10-15(2)13-20(27)24-21/h4-13H,1-3H3. The zero-order valence-corrected chi connectivity index (χ0v) is 15.4. The molecule has 4 aromatic rings. The molecule has 0 aliphatic rings. The van der Waals surface area contributed by atoms with Crippen LogP contribution in [0.3, 0.4) is 0 Å². The van der Waals surface area contributed by atoms with Gasteiger partial charge in [-0.3, -0.25) is 4.40 Å². The zero-order valence-electron chi connectivity index (χ0n) is 15.4. The third-order valence-corrected chi connectivity index (χ3v) is 4.48. The van der Waals surface area contributed by atoms with Crippen LogP contribution in [0.2, 0.25) is 0 Å². The lowest BCUT2D eigenvalue weighted by Gasteiger charge is -2.05. The number of hydrogen-bond acceptors (Lipinski definition) is 3. The molecule has 0 spiro atoms. The van der Waals surface area contributed by atoms with Gasteiger partial charge in [0.1, 0.15) is 17.2 Å². The van der Waals surface area contributed by atoms with E-state index >= 15 is 0 Å². The van der Waals surface area contributed by atoms with E-state index in [9.17, 15) is 4.39 Å². The van der Waals surface area contributed by atoms with Crippen LogP contribution in [0.4, 0.5) is 15.9 Å². The normalized spacial score (nSPS) is 11.6. The Morgan fingerprint density at radius 2 is 1.59 bits per heavy atom. The van der Waals surface area contributed by atoms with Crippen LogP contribution in [0, 0.1) is 26.6 Å². The second-order valence-electron chi connectivity index (χ2n) is 6.71. The van der Waals surface area contributed by atoms with Crippen molar-refractivity contribution in [1.82, 2.24) is 9.38 Å². The van der Waals surface area contributed by atoms with Crippen LogP contribution < -0.4 is 0 Å². The third kappa shape index (κ3) is 3.36. The first-order valence-corrected chi connectivity index (χ1v) is 8.75. The molecule has 2 aromatic carbocycles. The monoisotopic (exact) mass is 358 g/mol. The summed E-state index contributed by atoms with van der Waals surface area (Å²) in [7, 11) is 0. The van der Waals surface area contributed by atoms with Crippen molar-refractivity contribution in [2.24, 2.45) is 10.2 Å². The van der Waals surface area contributed by atoms with Crippen molar-refractivity contribution in [1.29, 1.82) is 0 Å². The molecular weight excluding hydrogens is 339 g/mol. The Balaban J connectivity index is 1.90. The third-order valence-electron chi connectivity index (χ3n) is 4.48. The summed E-state index contributed by atoms with van der Waals surface area (Å²) < 4.78 is 15.0. The molecule has 0 saturated heterocycles. The van der Waals surface area contributed by atoms with Crippen LogP contribution >= 0.6 is 0 Å². The Morgan fingerprint density at radius 3 is 2.33 bits per heavy atom. The first-order chi connectivity index (χ1) is 13.0. The average molecular weight is 358 g/mol. The SMILES string of the molecule is Cc1ccc(-c2nc3cc(C)ccn3c2N=Nc2ccc(F)cc2)c(C)c1. The smallest absolute Gasteiger partial charge is 0.187 e. The number of fused-ring (bicyclic) bond motifs is 1. The minimum Gasteiger partial charge on any atom is -0.283 e. The quantitative estimate of drug-likeness (QED) is 0.386. The molecule has 0 bridgehead atoms. The summed E-state index contributed by atoms with van der Waals surface area (Å²) in [5.41, 5.74) is 6.67. The minimum absolute atomic E-state index is 0.296. The number of nitrogens with zero attached hydrogens (tertiary/aromatic N) is 4. The lowest BCUT2D eigenvalue weighted by atomic mass is 10.0. The fraction of sp³-hybridized carbons (Fsp3) is 0.136. The average Bonchev–Trinajstić information content (AvgIpc) is 2.98. The second kappa shape index (κ2) is 6.76. The Hall–Kier alpha value is -3.34. The molecule has 2 heterocycles. The molecule has 4 nitrogen and oxygen atoms in total. The number of rotatable bonds is 3. The Morgan fingerprint density at radius 1 is 0.852 bits per heavy atom. The predicted molar refractivity (Wildman–Crippen MR) is 105 cm³/mol. The van der Waals surface area contributed by atoms with Crippen molar-refractivity contribution >= 4 is 17.2 Å². The van der Waals surface area contributed by atoms with Crippen molar-refractivity contribution in [2.45, 2.75) is 20.8 Å². The van der Waals surface area contributed by atoms with Gasteiger partial charge in [-0.15, -0.1) is 10.2 Å². The van der Waals surface area contributed by atoms with Crippen molar-refractivity contribution < 1.29 is 4.39 Å². The first kappa shape index (κ1) is 17.1. The summed E-state index contributed by atoms with van der Waals surface area (Å²) in [6.07, 6.45) is 1.95. The largest absolute Gasteiger partial charge is 0.283 e. The lowest BCUT2D eigenvalue weighted by molar-refractivity contribution is 0.628. The molecule has 5 heteroatoms. The van der Waals surface area contributed by atoms with Gasteiger partial charge in [0.2, 0.25) is 0 Å². The Bertz CT molecular complexity index is 1160. The first-order valence-electron chi connectivity index (χ1n) is 8.75. The molecule has 0 aliphatic heterocycles. The summed E-state index contributed by atoms with van der Waals surface area (Å²) in [6, 6.07) is 16.2. The highest BCUT2D eigenvalue weighted by Crippen LogP contribution is 2.34. The molecular formula is C22H19FN4. The van der Waals surface area contributed by atoms with E-state index in [1.54, 1.807) is 12.1 Å². The van der Waals surface area contributed by atoms with Crippen molar-refractivity contribution in [3.8, 4) is 11.3 Å². The van der Waals surface area contributed by atoms with Gasteiger partial charge in [-0.1, -0.05) is 23.8 Å². The van der Waals surface area contributed by atoms with E-state index in [0.29, 0.717) is 11.5 Å². The lowest BCUT2D eigenvalue weighted by Crippen LogP contribution is -1.86. The maximum atomic E-state index is 13.1. The summed E-state index contributed by atoms with van der Waals surface area (Å²) in [5, 5.41) is 8.76. The van der Waals surface area contributed by atoms with Crippen LogP contribution in [-0.2, 0) is 0 Å². The molecule has 0 radical (unpaired) electrons. The summed E-state index contributed by atoms with van der Waals surface area (Å²) >= 11 is 0. The number of aryl methyl sites for hydroxylation is 3.